The van der Waals surface area contributed by atoms with Gasteiger partial charge in [0.1, 0.15) is 0 Å². The maximum Gasteiger partial charge on any atom is 0.334 e. The summed E-state index contributed by atoms with van der Waals surface area (Å²) in [6.07, 6.45) is -1.35. The molecule has 1 aromatic rings. The fourth-order valence-electron chi connectivity index (χ4n) is 1.73. The Balaban J connectivity index is 2.03. The number of fused-ring (bicyclic) bond motifs is 1. The summed E-state index contributed by atoms with van der Waals surface area (Å²) in [6, 6.07) is 4.72. The molecule has 7 nitrogen and oxygen atoms in total. The van der Waals surface area contributed by atoms with Crippen LogP contribution in [0.15, 0.2) is 18.2 Å². The minimum Gasteiger partial charge on any atom is -0.479 e. The third-order valence-electron chi connectivity index (χ3n) is 2.74. The first kappa shape index (κ1) is 13.0. The highest BCUT2D eigenvalue weighted by Crippen LogP contribution is 2.23. The highest BCUT2D eigenvalue weighted by Gasteiger charge is 2.20. The van der Waals surface area contributed by atoms with Crippen LogP contribution in [0.4, 0.5) is 5.69 Å². The van der Waals surface area contributed by atoms with E-state index >= 15 is 0 Å². The molecule has 0 aliphatic carbocycles. The second-order valence-electron chi connectivity index (χ2n) is 4.16. The van der Waals surface area contributed by atoms with Gasteiger partial charge < -0.3 is 20.8 Å². The van der Waals surface area contributed by atoms with E-state index < -0.39 is 18.0 Å². The molecule has 0 aromatic heterocycles. The average Bonchev–Trinajstić information content (AvgIpc) is 2.74. The van der Waals surface area contributed by atoms with Crippen molar-refractivity contribution in [3.8, 4) is 0 Å². The van der Waals surface area contributed by atoms with Crippen LogP contribution < -0.4 is 10.6 Å². The summed E-state index contributed by atoms with van der Waals surface area (Å²) in [4.78, 5) is 33.3. The Morgan fingerprint density at radius 3 is 2.84 bits per heavy atom. The fourth-order valence-corrected chi connectivity index (χ4v) is 1.73. The van der Waals surface area contributed by atoms with Crippen molar-refractivity contribution in [2.75, 3.05) is 11.9 Å². The van der Waals surface area contributed by atoms with Gasteiger partial charge in [0.25, 0.3) is 5.91 Å². The maximum absolute atomic E-state index is 11.7. The van der Waals surface area contributed by atoms with E-state index in [0.717, 1.165) is 5.56 Å². The monoisotopic (exact) mass is 264 g/mol. The molecule has 7 heteroatoms. The molecule has 0 saturated heterocycles. The van der Waals surface area contributed by atoms with Gasteiger partial charge in [-0.3, -0.25) is 9.59 Å². The molecular formula is C12H12N2O5. The molecule has 1 aliphatic heterocycles. The Morgan fingerprint density at radius 1 is 1.42 bits per heavy atom. The molecule has 2 amide bonds. The van der Waals surface area contributed by atoms with Gasteiger partial charge in [-0.05, 0) is 17.7 Å². The van der Waals surface area contributed by atoms with Gasteiger partial charge in [-0.1, -0.05) is 6.07 Å². The van der Waals surface area contributed by atoms with E-state index in [1.165, 1.54) is 6.07 Å². The van der Waals surface area contributed by atoms with Gasteiger partial charge in [-0.25, -0.2) is 4.79 Å². The number of amides is 2. The predicted molar refractivity (Wildman–Crippen MR) is 64.8 cm³/mol. The van der Waals surface area contributed by atoms with E-state index in [-0.39, 0.29) is 18.9 Å². The summed E-state index contributed by atoms with van der Waals surface area (Å²) in [6.45, 7) is -0.377. The highest BCUT2D eigenvalue weighted by molar-refractivity contribution is 6.02. The molecular weight excluding hydrogens is 252 g/mol. The number of hydrogen-bond acceptors (Lipinski definition) is 4. The minimum absolute atomic E-state index is 0.131. The number of rotatable bonds is 4. The average molecular weight is 264 g/mol. The van der Waals surface area contributed by atoms with Crippen molar-refractivity contribution in [1.82, 2.24) is 5.32 Å². The molecule has 2 rings (SSSR count). The van der Waals surface area contributed by atoms with E-state index in [9.17, 15) is 14.4 Å². The number of carboxylic acids is 1. The van der Waals surface area contributed by atoms with Crippen LogP contribution in [-0.4, -0.2) is 40.6 Å². The van der Waals surface area contributed by atoms with Gasteiger partial charge in [0, 0.05) is 11.3 Å². The van der Waals surface area contributed by atoms with Crippen LogP contribution in [0, 0.1) is 0 Å². The predicted octanol–water partition coefficient (Wildman–Crippen LogP) is -0.644. The largest absolute Gasteiger partial charge is 0.479 e. The maximum atomic E-state index is 11.7. The molecule has 100 valence electrons. The van der Waals surface area contributed by atoms with Crippen molar-refractivity contribution in [3.63, 3.8) is 0 Å². The van der Waals surface area contributed by atoms with Crippen LogP contribution >= 0.6 is 0 Å². The number of aliphatic hydroxyl groups is 1. The van der Waals surface area contributed by atoms with Crippen LogP contribution in [0.1, 0.15) is 15.9 Å². The standard InChI is InChI=1S/C12H12N2O5/c15-9(12(18)19)5-13-11(17)7-2-1-6-4-10(16)14-8(6)3-7/h1-3,9,15H,4-5H2,(H,13,17)(H,14,16)(H,18,19)/t9-/m0/s1. The van der Waals surface area contributed by atoms with E-state index in [1.807, 2.05) is 0 Å². The van der Waals surface area contributed by atoms with Crippen LogP contribution in [0.5, 0.6) is 0 Å². The van der Waals surface area contributed by atoms with E-state index in [4.69, 9.17) is 10.2 Å². The first-order valence-electron chi connectivity index (χ1n) is 5.59. The zero-order valence-corrected chi connectivity index (χ0v) is 9.84. The van der Waals surface area contributed by atoms with E-state index in [2.05, 4.69) is 10.6 Å². The number of carbonyl (C=O) groups excluding carboxylic acids is 2. The number of hydrogen-bond donors (Lipinski definition) is 4. The normalized spacial score (nSPS) is 14.5. The van der Waals surface area contributed by atoms with Crippen molar-refractivity contribution >= 4 is 23.5 Å². The second-order valence-corrected chi connectivity index (χ2v) is 4.16. The smallest absolute Gasteiger partial charge is 0.334 e. The van der Waals surface area contributed by atoms with E-state index in [1.54, 1.807) is 12.1 Å². The third-order valence-corrected chi connectivity index (χ3v) is 2.74. The Labute approximate surface area is 108 Å². The zero-order valence-electron chi connectivity index (χ0n) is 9.84. The topological polar surface area (TPSA) is 116 Å². The minimum atomic E-state index is -1.64. The molecule has 0 spiro atoms. The molecule has 1 atom stereocenters. The van der Waals surface area contributed by atoms with Crippen LogP contribution in [0.25, 0.3) is 0 Å². The van der Waals surface area contributed by atoms with E-state index in [0.29, 0.717) is 11.3 Å². The summed E-state index contributed by atoms with van der Waals surface area (Å²) in [5.41, 5.74) is 1.68. The first-order valence-corrected chi connectivity index (χ1v) is 5.59. The van der Waals surface area contributed by atoms with Gasteiger partial charge >= 0.3 is 5.97 Å². The van der Waals surface area contributed by atoms with Gasteiger partial charge in [-0.15, -0.1) is 0 Å². The summed E-state index contributed by atoms with van der Waals surface area (Å²) in [5, 5.41) is 22.4. The molecule has 0 radical (unpaired) electrons. The molecule has 1 aliphatic rings. The first-order chi connectivity index (χ1) is 8.97. The lowest BCUT2D eigenvalue weighted by molar-refractivity contribution is -0.146. The number of anilines is 1. The summed E-state index contributed by atoms with van der Waals surface area (Å²) in [7, 11) is 0. The molecule has 19 heavy (non-hydrogen) atoms. The van der Waals surface area contributed by atoms with Crippen LogP contribution in [0.3, 0.4) is 0 Å². The Morgan fingerprint density at radius 2 is 2.16 bits per heavy atom. The number of benzene rings is 1. The number of aliphatic hydroxyl groups excluding tert-OH is 1. The van der Waals surface area contributed by atoms with Gasteiger partial charge in [-0.2, -0.15) is 0 Å². The SMILES string of the molecule is O=C1Cc2ccc(C(=O)NC[C@H](O)C(=O)O)cc2N1. The molecule has 1 aromatic carbocycles. The Bertz CT molecular complexity index is 555. The number of carbonyl (C=O) groups is 3. The second kappa shape index (κ2) is 5.07. The number of nitrogens with one attached hydrogen (secondary N) is 2. The lowest BCUT2D eigenvalue weighted by Crippen LogP contribution is -2.36. The molecule has 0 saturated carbocycles. The zero-order chi connectivity index (χ0) is 14.0. The number of aliphatic carboxylic acids is 1. The molecule has 0 fully saturated rings. The van der Waals surface area contributed by atoms with Crippen LogP contribution in [0.2, 0.25) is 0 Å². The van der Waals surface area contributed by atoms with Gasteiger partial charge in [0.2, 0.25) is 5.91 Å². The lowest BCUT2D eigenvalue weighted by Gasteiger charge is -2.08. The Kier molecular flexibility index (Phi) is 3.48. The van der Waals surface area contributed by atoms with Gasteiger partial charge in [0.15, 0.2) is 6.10 Å². The summed E-state index contributed by atoms with van der Waals surface area (Å²) < 4.78 is 0. The highest BCUT2D eigenvalue weighted by atomic mass is 16.4. The van der Waals surface area contributed by atoms with Crippen molar-refractivity contribution in [1.29, 1.82) is 0 Å². The molecule has 0 bridgehead atoms. The van der Waals surface area contributed by atoms with Crippen LogP contribution in [-0.2, 0) is 16.0 Å². The van der Waals surface area contributed by atoms with Crippen molar-refractivity contribution < 1.29 is 24.6 Å². The summed E-state index contributed by atoms with van der Waals surface area (Å²) >= 11 is 0. The molecule has 1 heterocycles. The number of carboxylic acid groups (broad SMARTS) is 1. The van der Waals surface area contributed by atoms with Crippen molar-refractivity contribution in [2.45, 2.75) is 12.5 Å². The molecule has 0 unspecified atom stereocenters. The fraction of sp³-hybridized carbons (Fsp3) is 0.250. The molecule has 4 N–H and O–H groups in total. The lowest BCUT2D eigenvalue weighted by atomic mass is 10.1. The van der Waals surface area contributed by atoms with Gasteiger partial charge in [0.05, 0.1) is 13.0 Å². The third kappa shape index (κ3) is 2.89. The Hall–Kier alpha value is -2.41. The van der Waals surface area contributed by atoms with Crippen molar-refractivity contribution in [2.24, 2.45) is 0 Å². The van der Waals surface area contributed by atoms with Crippen molar-refractivity contribution in [3.05, 3.63) is 29.3 Å². The summed E-state index contributed by atoms with van der Waals surface area (Å²) in [5.74, 6) is -2.04. The quantitative estimate of drug-likeness (QED) is 0.577.